The summed E-state index contributed by atoms with van der Waals surface area (Å²) >= 11 is 0. The molecule has 0 spiro atoms. The summed E-state index contributed by atoms with van der Waals surface area (Å²) in [5.41, 5.74) is -1.09. The summed E-state index contributed by atoms with van der Waals surface area (Å²) in [6, 6.07) is 0. The summed E-state index contributed by atoms with van der Waals surface area (Å²) in [6.45, 7) is 9.81. The van der Waals surface area contributed by atoms with E-state index in [0.29, 0.717) is 18.7 Å². The lowest BCUT2D eigenvalue weighted by Gasteiger charge is -2.29. The van der Waals surface area contributed by atoms with Crippen molar-refractivity contribution in [2.75, 3.05) is 0 Å². The van der Waals surface area contributed by atoms with Crippen molar-refractivity contribution in [2.24, 2.45) is 5.92 Å². The highest BCUT2D eigenvalue weighted by atomic mass is 16.5. The summed E-state index contributed by atoms with van der Waals surface area (Å²) in [7, 11) is 0. The minimum atomic E-state index is -1.09. The summed E-state index contributed by atoms with van der Waals surface area (Å²) in [5, 5.41) is 21.6. The van der Waals surface area contributed by atoms with E-state index in [1.807, 2.05) is 27.7 Å². The van der Waals surface area contributed by atoms with Gasteiger partial charge in [-0.2, -0.15) is 0 Å². The fourth-order valence-corrected chi connectivity index (χ4v) is 3.36. The predicted molar refractivity (Wildman–Crippen MR) is 75.9 cm³/mol. The van der Waals surface area contributed by atoms with Crippen molar-refractivity contribution in [1.82, 2.24) is 20.2 Å². The number of hydrogen-bond donors (Lipinski definition) is 1. The van der Waals surface area contributed by atoms with E-state index in [-0.39, 0.29) is 24.0 Å². The summed E-state index contributed by atoms with van der Waals surface area (Å²) in [6.07, 6.45) is 0.948. The molecule has 0 aliphatic carbocycles. The van der Waals surface area contributed by atoms with E-state index < -0.39 is 11.5 Å². The fourth-order valence-electron chi connectivity index (χ4n) is 3.36. The van der Waals surface area contributed by atoms with E-state index in [9.17, 15) is 9.90 Å². The van der Waals surface area contributed by atoms with Gasteiger partial charge < -0.3 is 9.84 Å². The highest BCUT2D eigenvalue weighted by molar-refractivity contribution is 5.76. The average molecular weight is 296 g/mol. The lowest BCUT2D eigenvalue weighted by Crippen LogP contribution is -2.43. The molecule has 21 heavy (non-hydrogen) atoms. The molecule has 1 aliphatic heterocycles. The second kappa shape index (κ2) is 5.71. The van der Waals surface area contributed by atoms with E-state index in [1.165, 1.54) is 4.68 Å². The van der Waals surface area contributed by atoms with Gasteiger partial charge in [0, 0.05) is 0 Å². The summed E-state index contributed by atoms with van der Waals surface area (Å²) in [5.74, 6) is -0.0319. The van der Waals surface area contributed by atoms with Gasteiger partial charge in [0.15, 0.2) is 11.4 Å². The van der Waals surface area contributed by atoms with Gasteiger partial charge in [0.1, 0.15) is 0 Å². The van der Waals surface area contributed by atoms with Crippen molar-refractivity contribution >= 4 is 5.97 Å². The lowest BCUT2D eigenvalue weighted by molar-refractivity contribution is -0.149. The molecular formula is C14H24N4O3. The second-order valence-electron chi connectivity index (χ2n) is 5.92. The third kappa shape index (κ3) is 2.33. The monoisotopic (exact) mass is 296 g/mol. The molecule has 0 amide bonds. The maximum atomic E-state index is 11.8. The van der Waals surface area contributed by atoms with Crippen LogP contribution in [0.1, 0.15) is 59.2 Å². The third-order valence-electron chi connectivity index (χ3n) is 5.01. The van der Waals surface area contributed by atoms with Crippen LogP contribution in [0.15, 0.2) is 0 Å². The standard InChI is InChI=1S/C14H24N4O3/c1-6-14(7-2,13(19)20)18-12(15-16-17-18)11-8(3)9(4)21-10(11)5/h8-11H,6-7H2,1-5H3,(H,19,20). The number of tetrazole rings is 1. The van der Waals surface area contributed by atoms with Crippen LogP contribution in [0.3, 0.4) is 0 Å². The van der Waals surface area contributed by atoms with Crippen LogP contribution in [0.5, 0.6) is 0 Å². The van der Waals surface area contributed by atoms with E-state index >= 15 is 0 Å². The molecule has 1 saturated heterocycles. The van der Waals surface area contributed by atoms with Crippen LogP contribution in [0.4, 0.5) is 0 Å². The Morgan fingerprint density at radius 1 is 1.29 bits per heavy atom. The third-order valence-corrected chi connectivity index (χ3v) is 5.01. The molecule has 0 saturated carbocycles. The average Bonchev–Trinajstić information content (AvgIpc) is 2.98. The number of ether oxygens (including phenoxy) is 1. The normalized spacial score (nSPS) is 29.8. The van der Waals surface area contributed by atoms with Crippen molar-refractivity contribution in [3.05, 3.63) is 5.82 Å². The molecule has 2 rings (SSSR count). The van der Waals surface area contributed by atoms with E-state index in [0.717, 1.165) is 0 Å². The number of nitrogens with zero attached hydrogens (tertiary/aromatic N) is 4. The molecular weight excluding hydrogens is 272 g/mol. The van der Waals surface area contributed by atoms with Crippen molar-refractivity contribution in [3.63, 3.8) is 0 Å². The molecule has 1 aliphatic rings. The Hall–Kier alpha value is -1.50. The van der Waals surface area contributed by atoms with Gasteiger partial charge in [-0.25, -0.2) is 9.48 Å². The van der Waals surface area contributed by atoms with Gasteiger partial charge in [-0.05, 0) is 43.0 Å². The first-order valence-electron chi connectivity index (χ1n) is 7.56. The first-order chi connectivity index (χ1) is 9.89. The first-order valence-corrected chi connectivity index (χ1v) is 7.56. The largest absolute Gasteiger partial charge is 0.479 e. The van der Waals surface area contributed by atoms with Crippen LogP contribution >= 0.6 is 0 Å². The molecule has 1 aromatic heterocycles. The zero-order valence-corrected chi connectivity index (χ0v) is 13.3. The minimum Gasteiger partial charge on any atom is -0.479 e. The Labute approximate surface area is 124 Å². The highest BCUT2D eigenvalue weighted by Gasteiger charge is 2.46. The topological polar surface area (TPSA) is 90.1 Å². The van der Waals surface area contributed by atoms with Gasteiger partial charge in [0.2, 0.25) is 0 Å². The smallest absolute Gasteiger partial charge is 0.331 e. The van der Waals surface area contributed by atoms with Crippen molar-refractivity contribution < 1.29 is 14.6 Å². The number of carboxylic acid groups (broad SMARTS) is 1. The number of hydrogen-bond acceptors (Lipinski definition) is 5. The van der Waals surface area contributed by atoms with Crippen LogP contribution in [-0.4, -0.2) is 43.5 Å². The fraction of sp³-hybridized carbons (Fsp3) is 0.857. The minimum absolute atomic E-state index is 0.00632. The Morgan fingerprint density at radius 3 is 2.33 bits per heavy atom. The Bertz CT molecular complexity index is 512. The highest BCUT2D eigenvalue weighted by Crippen LogP contribution is 2.40. The second-order valence-corrected chi connectivity index (χ2v) is 5.92. The number of rotatable bonds is 5. The molecule has 7 heteroatoms. The molecule has 0 aromatic carbocycles. The van der Waals surface area contributed by atoms with E-state index in [1.54, 1.807) is 0 Å². The van der Waals surface area contributed by atoms with E-state index in [4.69, 9.17) is 4.74 Å². The summed E-state index contributed by atoms with van der Waals surface area (Å²) < 4.78 is 7.36. The molecule has 1 fully saturated rings. The quantitative estimate of drug-likeness (QED) is 0.891. The van der Waals surface area contributed by atoms with Gasteiger partial charge in [-0.3, -0.25) is 0 Å². The van der Waals surface area contributed by atoms with Crippen molar-refractivity contribution in [3.8, 4) is 0 Å². The molecule has 0 bridgehead atoms. The molecule has 0 radical (unpaired) electrons. The number of aromatic nitrogens is 4. The molecule has 7 nitrogen and oxygen atoms in total. The Kier molecular flexibility index (Phi) is 4.32. The molecule has 2 heterocycles. The molecule has 4 atom stereocenters. The lowest BCUT2D eigenvalue weighted by atomic mass is 9.87. The van der Waals surface area contributed by atoms with Crippen LogP contribution in [0.25, 0.3) is 0 Å². The number of carboxylic acids is 1. The van der Waals surface area contributed by atoms with Gasteiger partial charge in [0.05, 0.1) is 18.1 Å². The van der Waals surface area contributed by atoms with Crippen molar-refractivity contribution in [1.29, 1.82) is 0 Å². The molecule has 118 valence electrons. The maximum absolute atomic E-state index is 11.8. The Balaban J connectivity index is 2.50. The van der Waals surface area contributed by atoms with Crippen LogP contribution in [-0.2, 0) is 15.1 Å². The molecule has 4 unspecified atom stereocenters. The van der Waals surface area contributed by atoms with Crippen LogP contribution < -0.4 is 0 Å². The number of aliphatic carboxylic acids is 1. The predicted octanol–water partition coefficient (Wildman–Crippen LogP) is 1.80. The molecule has 1 aromatic rings. The van der Waals surface area contributed by atoms with Gasteiger partial charge in [-0.1, -0.05) is 20.8 Å². The molecule has 1 N–H and O–H groups in total. The Morgan fingerprint density at radius 2 is 1.90 bits per heavy atom. The van der Waals surface area contributed by atoms with Gasteiger partial charge >= 0.3 is 5.97 Å². The first kappa shape index (κ1) is 15.9. The zero-order chi connectivity index (χ0) is 15.8. The summed E-state index contributed by atoms with van der Waals surface area (Å²) in [4.78, 5) is 11.8. The van der Waals surface area contributed by atoms with Crippen molar-refractivity contribution in [2.45, 2.75) is 71.1 Å². The number of carbonyl (C=O) groups is 1. The van der Waals surface area contributed by atoms with Crippen LogP contribution in [0, 0.1) is 5.92 Å². The zero-order valence-electron chi connectivity index (χ0n) is 13.3. The van der Waals surface area contributed by atoms with Gasteiger partial charge in [0.25, 0.3) is 0 Å². The van der Waals surface area contributed by atoms with Gasteiger partial charge in [-0.15, -0.1) is 5.10 Å². The van der Waals surface area contributed by atoms with E-state index in [2.05, 4.69) is 22.4 Å². The maximum Gasteiger partial charge on any atom is 0.331 e. The SMILES string of the molecule is CCC(CC)(C(=O)O)n1nnnc1C1C(C)OC(C)C1C. The van der Waals surface area contributed by atoms with Crippen LogP contribution in [0.2, 0.25) is 0 Å².